The largest absolute Gasteiger partial charge is 0.331 e. The zero-order valence-electron chi connectivity index (χ0n) is 5.36. The lowest BCUT2D eigenvalue weighted by atomic mass is 10.8. The van der Waals surface area contributed by atoms with E-state index in [1.807, 2.05) is 6.92 Å². The molecule has 0 saturated heterocycles. The molecule has 1 aromatic rings. The van der Waals surface area contributed by atoms with E-state index in [1.165, 1.54) is 19.0 Å². The van der Waals surface area contributed by atoms with Crippen LogP contribution >= 0.6 is 0 Å². The van der Waals surface area contributed by atoms with Gasteiger partial charge in [0, 0.05) is 0 Å². The van der Waals surface area contributed by atoms with E-state index >= 15 is 0 Å². The van der Waals surface area contributed by atoms with Crippen LogP contribution in [-0.4, -0.2) is 21.5 Å². The maximum Gasteiger partial charge on any atom is 0.119 e. The third-order valence-corrected chi connectivity index (χ3v) is 0.400. The van der Waals surface area contributed by atoms with Gasteiger partial charge in [0.15, 0.2) is 0 Å². The molecule has 0 atom stereocenters. The fourth-order valence-corrected chi connectivity index (χ4v) is 0.205. The first-order valence-corrected chi connectivity index (χ1v) is 2.66. The van der Waals surface area contributed by atoms with Crippen LogP contribution in [-0.2, 0) is 0 Å². The summed E-state index contributed by atoms with van der Waals surface area (Å²) in [7, 11) is 0. The van der Waals surface area contributed by atoms with Crippen molar-refractivity contribution in [1.29, 1.82) is 0 Å². The summed E-state index contributed by atoms with van der Waals surface area (Å²) in [6, 6.07) is 0. The van der Waals surface area contributed by atoms with Crippen LogP contribution in [0.3, 0.4) is 0 Å². The Hall–Kier alpha value is -1.03. The van der Waals surface area contributed by atoms with Crippen LogP contribution in [0.2, 0.25) is 0 Å². The minimum atomic E-state index is 0.750. The summed E-state index contributed by atoms with van der Waals surface area (Å²) in [6.45, 7) is 2.65. The second-order valence-corrected chi connectivity index (χ2v) is 1.20. The topological polar surface area (TPSA) is 64.7 Å². The lowest BCUT2D eigenvalue weighted by molar-refractivity contribution is 1.05. The van der Waals surface area contributed by atoms with Crippen molar-refractivity contribution in [3.8, 4) is 0 Å². The first-order valence-electron chi connectivity index (χ1n) is 2.66. The van der Waals surface area contributed by atoms with E-state index in [1.54, 1.807) is 0 Å². The SMILES string of the molecule is CCN.c1ncncn1. The van der Waals surface area contributed by atoms with Crippen LogP contribution in [0.25, 0.3) is 0 Å². The predicted octanol–water partition coefficient (Wildman–Crippen LogP) is -0.163. The monoisotopic (exact) mass is 126 g/mol. The molecule has 0 unspecified atom stereocenters. The van der Waals surface area contributed by atoms with Crippen LogP contribution in [0.4, 0.5) is 0 Å². The summed E-state index contributed by atoms with van der Waals surface area (Å²) in [4.78, 5) is 10.7. The number of hydrogen-bond donors (Lipinski definition) is 1. The molecule has 0 amide bonds. The number of aromatic nitrogens is 3. The molecule has 0 aliphatic heterocycles. The van der Waals surface area contributed by atoms with Crippen LogP contribution in [0.15, 0.2) is 19.0 Å². The second-order valence-electron chi connectivity index (χ2n) is 1.20. The standard InChI is InChI=1S/C3H3N3.C2H7N/c1-4-2-6-3-5-1;1-2-3/h1-3H;2-3H2,1H3. The van der Waals surface area contributed by atoms with E-state index < -0.39 is 0 Å². The summed E-state index contributed by atoms with van der Waals surface area (Å²) in [5, 5.41) is 0. The Morgan fingerprint density at radius 1 is 1.11 bits per heavy atom. The normalized spacial score (nSPS) is 7.33. The zero-order chi connectivity index (χ0) is 6.95. The van der Waals surface area contributed by atoms with Crippen LogP contribution in [0.1, 0.15) is 6.92 Å². The molecular formula is C5H10N4. The molecule has 4 nitrogen and oxygen atoms in total. The third-order valence-electron chi connectivity index (χ3n) is 0.400. The molecule has 0 saturated carbocycles. The van der Waals surface area contributed by atoms with Crippen molar-refractivity contribution in [2.24, 2.45) is 5.73 Å². The summed E-state index contributed by atoms with van der Waals surface area (Å²) < 4.78 is 0. The molecule has 0 spiro atoms. The van der Waals surface area contributed by atoms with Gasteiger partial charge in [-0.2, -0.15) is 0 Å². The summed E-state index contributed by atoms with van der Waals surface area (Å²) in [6.07, 6.45) is 4.31. The lowest BCUT2D eigenvalue weighted by Crippen LogP contribution is -1.87. The Labute approximate surface area is 54.2 Å². The number of rotatable bonds is 0. The lowest BCUT2D eigenvalue weighted by Gasteiger charge is -1.69. The Kier molecular flexibility index (Phi) is 6.17. The highest BCUT2D eigenvalue weighted by atomic mass is 14.9. The molecule has 4 heteroatoms. The fraction of sp³-hybridized carbons (Fsp3) is 0.400. The molecule has 0 aromatic carbocycles. The van der Waals surface area contributed by atoms with E-state index in [0.29, 0.717) is 0 Å². The highest BCUT2D eigenvalue weighted by Gasteiger charge is 1.59. The fourth-order valence-electron chi connectivity index (χ4n) is 0.205. The van der Waals surface area contributed by atoms with E-state index in [4.69, 9.17) is 5.73 Å². The highest BCUT2D eigenvalue weighted by Crippen LogP contribution is 1.57. The van der Waals surface area contributed by atoms with Gasteiger partial charge in [0.2, 0.25) is 0 Å². The summed E-state index contributed by atoms with van der Waals surface area (Å²) in [5.74, 6) is 0. The molecular weight excluding hydrogens is 116 g/mol. The third kappa shape index (κ3) is 6.97. The molecule has 0 aliphatic carbocycles. The first-order chi connectivity index (χ1) is 4.41. The zero-order valence-corrected chi connectivity index (χ0v) is 5.36. The van der Waals surface area contributed by atoms with Crippen molar-refractivity contribution in [2.75, 3.05) is 6.54 Å². The Morgan fingerprint density at radius 2 is 1.33 bits per heavy atom. The predicted molar refractivity (Wildman–Crippen MR) is 34.6 cm³/mol. The van der Waals surface area contributed by atoms with Crippen molar-refractivity contribution in [2.45, 2.75) is 6.92 Å². The van der Waals surface area contributed by atoms with Gasteiger partial charge in [0.05, 0.1) is 0 Å². The molecule has 1 aromatic heterocycles. The van der Waals surface area contributed by atoms with Crippen molar-refractivity contribution in [3.63, 3.8) is 0 Å². The van der Waals surface area contributed by atoms with E-state index in [-0.39, 0.29) is 0 Å². The van der Waals surface area contributed by atoms with Crippen molar-refractivity contribution in [3.05, 3.63) is 19.0 Å². The molecule has 50 valence electrons. The van der Waals surface area contributed by atoms with Gasteiger partial charge in [-0.25, -0.2) is 15.0 Å². The molecule has 2 N–H and O–H groups in total. The number of nitrogens with zero attached hydrogens (tertiary/aromatic N) is 3. The van der Waals surface area contributed by atoms with E-state index in [9.17, 15) is 0 Å². The molecule has 0 bridgehead atoms. The number of hydrogen-bond acceptors (Lipinski definition) is 4. The first kappa shape index (κ1) is 7.97. The molecule has 9 heavy (non-hydrogen) atoms. The van der Waals surface area contributed by atoms with Gasteiger partial charge in [0.1, 0.15) is 19.0 Å². The van der Waals surface area contributed by atoms with Gasteiger partial charge in [-0.3, -0.25) is 0 Å². The van der Waals surface area contributed by atoms with Crippen LogP contribution in [0, 0.1) is 0 Å². The average Bonchev–Trinajstić information content (AvgIpc) is 1.93. The minimum absolute atomic E-state index is 0.750. The van der Waals surface area contributed by atoms with Gasteiger partial charge in [0.25, 0.3) is 0 Å². The van der Waals surface area contributed by atoms with Crippen molar-refractivity contribution >= 4 is 0 Å². The van der Waals surface area contributed by atoms with Gasteiger partial charge in [-0.05, 0) is 6.54 Å². The van der Waals surface area contributed by atoms with Crippen LogP contribution in [0.5, 0.6) is 0 Å². The van der Waals surface area contributed by atoms with Crippen molar-refractivity contribution < 1.29 is 0 Å². The van der Waals surface area contributed by atoms with Gasteiger partial charge in [-0.15, -0.1) is 0 Å². The molecule has 1 rings (SSSR count). The molecule has 0 aliphatic rings. The van der Waals surface area contributed by atoms with E-state index in [0.717, 1.165) is 6.54 Å². The summed E-state index contributed by atoms with van der Waals surface area (Å²) in [5.41, 5.74) is 4.85. The second kappa shape index (κ2) is 6.97. The van der Waals surface area contributed by atoms with Gasteiger partial charge < -0.3 is 5.73 Å². The number of nitrogens with two attached hydrogens (primary N) is 1. The van der Waals surface area contributed by atoms with Crippen molar-refractivity contribution in [1.82, 2.24) is 15.0 Å². The molecule has 1 heterocycles. The molecule has 0 fully saturated rings. The van der Waals surface area contributed by atoms with Gasteiger partial charge in [-0.1, -0.05) is 6.92 Å². The van der Waals surface area contributed by atoms with Crippen LogP contribution < -0.4 is 5.73 Å². The maximum atomic E-state index is 4.85. The van der Waals surface area contributed by atoms with Gasteiger partial charge >= 0.3 is 0 Å². The smallest absolute Gasteiger partial charge is 0.119 e. The minimum Gasteiger partial charge on any atom is -0.331 e. The molecule has 0 radical (unpaired) electrons. The maximum absolute atomic E-state index is 4.85. The quantitative estimate of drug-likeness (QED) is 0.524. The highest BCUT2D eigenvalue weighted by molar-refractivity contribution is 4.51. The summed E-state index contributed by atoms with van der Waals surface area (Å²) >= 11 is 0. The Bertz CT molecular complexity index is 91.8. The Balaban J connectivity index is 0.000000187. The van der Waals surface area contributed by atoms with E-state index in [2.05, 4.69) is 15.0 Å². The average molecular weight is 126 g/mol. The Morgan fingerprint density at radius 3 is 1.44 bits per heavy atom.